The fraction of sp³-hybridized carbons (Fsp3) is 0.348. The summed E-state index contributed by atoms with van der Waals surface area (Å²) in [6.45, 7) is 2.30. The molecule has 0 atom stereocenters. The van der Waals surface area contributed by atoms with Gasteiger partial charge in [0.15, 0.2) is 17.3 Å². The molecule has 0 bridgehead atoms. The third-order valence-corrected chi connectivity index (χ3v) is 7.35. The van der Waals surface area contributed by atoms with E-state index in [1.807, 2.05) is 24.3 Å². The van der Waals surface area contributed by atoms with Crippen LogP contribution in [0.4, 0.5) is 0 Å². The highest BCUT2D eigenvalue weighted by molar-refractivity contribution is 7.89. The minimum absolute atomic E-state index is 0.128. The lowest BCUT2D eigenvalue weighted by Gasteiger charge is -2.31. The van der Waals surface area contributed by atoms with E-state index in [1.165, 1.54) is 12.1 Å². The smallest absolute Gasteiger partial charge is 0.289 e. The largest absolute Gasteiger partial charge is 0.486 e. The van der Waals surface area contributed by atoms with Crippen LogP contribution in [0.15, 0.2) is 57.8 Å². The Morgan fingerprint density at radius 3 is 2.53 bits per heavy atom. The lowest BCUT2D eigenvalue weighted by atomic mass is 9.97. The summed E-state index contributed by atoms with van der Waals surface area (Å²) >= 11 is 0. The zero-order valence-electron chi connectivity index (χ0n) is 17.5. The van der Waals surface area contributed by atoms with Gasteiger partial charge in [-0.05, 0) is 43.0 Å². The van der Waals surface area contributed by atoms with Crippen LogP contribution in [-0.2, 0) is 10.0 Å². The van der Waals surface area contributed by atoms with Gasteiger partial charge >= 0.3 is 0 Å². The van der Waals surface area contributed by atoms with Crippen molar-refractivity contribution in [2.45, 2.75) is 17.7 Å². The fourth-order valence-corrected chi connectivity index (χ4v) is 5.22. The molecule has 0 unspecified atom stereocenters. The summed E-state index contributed by atoms with van der Waals surface area (Å²) in [6.07, 6.45) is 1.44. The van der Waals surface area contributed by atoms with Crippen LogP contribution in [-0.4, -0.2) is 52.1 Å². The third-order valence-electron chi connectivity index (χ3n) is 5.92. The van der Waals surface area contributed by atoms with E-state index in [2.05, 4.69) is 4.72 Å². The first-order chi connectivity index (χ1) is 15.5. The van der Waals surface area contributed by atoms with E-state index < -0.39 is 10.0 Å². The molecular formula is C23H24N2O6S. The van der Waals surface area contributed by atoms with Gasteiger partial charge in [0, 0.05) is 31.1 Å². The summed E-state index contributed by atoms with van der Waals surface area (Å²) in [5, 5.41) is 0.902. The molecule has 32 heavy (non-hydrogen) atoms. The lowest BCUT2D eigenvalue weighted by molar-refractivity contribution is 0.0662. The molecule has 1 aromatic heterocycles. The molecule has 1 N–H and O–H groups in total. The highest BCUT2D eigenvalue weighted by atomic mass is 32.2. The summed E-state index contributed by atoms with van der Waals surface area (Å²) in [5.41, 5.74) is 0.694. The van der Waals surface area contributed by atoms with E-state index >= 15 is 0 Å². The molecule has 8 nitrogen and oxygen atoms in total. The van der Waals surface area contributed by atoms with E-state index in [0.29, 0.717) is 55.7 Å². The summed E-state index contributed by atoms with van der Waals surface area (Å²) in [4.78, 5) is 14.7. The number of fused-ring (bicyclic) bond motifs is 2. The number of ether oxygens (including phenoxy) is 2. The monoisotopic (exact) mass is 456 g/mol. The van der Waals surface area contributed by atoms with Crippen molar-refractivity contribution in [2.75, 3.05) is 32.8 Å². The van der Waals surface area contributed by atoms with E-state index in [1.54, 1.807) is 17.0 Å². The van der Waals surface area contributed by atoms with Crippen LogP contribution in [0.2, 0.25) is 0 Å². The number of para-hydroxylation sites is 1. The van der Waals surface area contributed by atoms with Gasteiger partial charge in [-0.2, -0.15) is 0 Å². The number of benzene rings is 2. The topological polar surface area (TPSA) is 98.1 Å². The molecule has 0 spiro atoms. The summed E-state index contributed by atoms with van der Waals surface area (Å²) < 4.78 is 44.8. The molecule has 0 radical (unpaired) electrons. The summed E-state index contributed by atoms with van der Waals surface area (Å²) in [7, 11) is -3.66. The molecule has 0 saturated carbocycles. The van der Waals surface area contributed by atoms with Gasteiger partial charge in [0.05, 0.1) is 4.90 Å². The quantitative estimate of drug-likeness (QED) is 0.634. The number of hydrogen-bond donors (Lipinski definition) is 1. The molecule has 1 amide bonds. The van der Waals surface area contributed by atoms with Gasteiger partial charge in [0.25, 0.3) is 5.91 Å². The van der Waals surface area contributed by atoms with Crippen molar-refractivity contribution in [2.24, 2.45) is 5.92 Å². The molecule has 3 heterocycles. The normalized spacial score (nSPS) is 16.9. The molecule has 5 rings (SSSR count). The predicted octanol–water partition coefficient (Wildman–Crippen LogP) is 3.03. The van der Waals surface area contributed by atoms with Crippen LogP contribution in [0.5, 0.6) is 11.5 Å². The van der Waals surface area contributed by atoms with Gasteiger partial charge in [-0.15, -0.1) is 0 Å². The number of sulfonamides is 1. The second-order valence-corrected chi connectivity index (χ2v) is 9.81. The van der Waals surface area contributed by atoms with Crippen molar-refractivity contribution in [3.63, 3.8) is 0 Å². The Bertz CT molecular complexity index is 1210. The average Bonchev–Trinajstić information content (AvgIpc) is 3.27. The van der Waals surface area contributed by atoms with Crippen LogP contribution >= 0.6 is 0 Å². The Balaban J connectivity index is 1.16. The first kappa shape index (κ1) is 20.8. The molecule has 9 heteroatoms. The summed E-state index contributed by atoms with van der Waals surface area (Å²) in [5.74, 6) is 1.36. The molecule has 2 aliphatic heterocycles. The molecule has 3 aromatic rings. The molecule has 1 fully saturated rings. The number of amides is 1. The predicted molar refractivity (Wildman–Crippen MR) is 117 cm³/mol. The van der Waals surface area contributed by atoms with Gasteiger partial charge in [-0.3, -0.25) is 4.79 Å². The number of furan rings is 1. The number of piperidine rings is 1. The number of nitrogens with zero attached hydrogens (tertiary/aromatic N) is 1. The Morgan fingerprint density at radius 2 is 1.75 bits per heavy atom. The van der Waals surface area contributed by atoms with Crippen molar-refractivity contribution >= 4 is 26.9 Å². The van der Waals surface area contributed by atoms with Crippen LogP contribution in [0.1, 0.15) is 23.4 Å². The van der Waals surface area contributed by atoms with Crippen LogP contribution in [0.3, 0.4) is 0 Å². The minimum atomic E-state index is -3.66. The zero-order chi connectivity index (χ0) is 22.1. The molecular weight excluding hydrogens is 432 g/mol. The Kier molecular flexibility index (Phi) is 5.52. The second kappa shape index (κ2) is 8.48. The number of nitrogens with one attached hydrogen (secondary N) is 1. The minimum Gasteiger partial charge on any atom is -0.486 e. The van der Waals surface area contributed by atoms with Crippen molar-refractivity contribution in [3.05, 3.63) is 54.3 Å². The number of rotatable bonds is 5. The molecule has 2 aliphatic rings. The summed E-state index contributed by atoms with van der Waals surface area (Å²) in [6, 6.07) is 13.9. The lowest BCUT2D eigenvalue weighted by Crippen LogP contribution is -2.41. The number of carbonyl (C=O) groups is 1. The number of carbonyl (C=O) groups excluding carboxylic acids is 1. The van der Waals surface area contributed by atoms with E-state index in [4.69, 9.17) is 13.9 Å². The highest BCUT2D eigenvalue weighted by Gasteiger charge is 2.27. The van der Waals surface area contributed by atoms with Gasteiger partial charge in [0.1, 0.15) is 18.8 Å². The van der Waals surface area contributed by atoms with Crippen LogP contribution < -0.4 is 14.2 Å². The SMILES string of the molecule is O=C(c1cc2ccccc2o1)N1CCC(CNS(=O)(=O)c2ccc3c(c2)OCCO3)CC1. The zero-order valence-corrected chi connectivity index (χ0v) is 18.3. The van der Waals surface area contributed by atoms with E-state index in [-0.39, 0.29) is 16.7 Å². The van der Waals surface area contributed by atoms with Crippen LogP contribution in [0.25, 0.3) is 11.0 Å². The second-order valence-electron chi connectivity index (χ2n) is 8.04. The van der Waals surface area contributed by atoms with Gasteiger partial charge in [-0.1, -0.05) is 18.2 Å². The van der Waals surface area contributed by atoms with Crippen LogP contribution in [0, 0.1) is 5.92 Å². The van der Waals surface area contributed by atoms with Gasteiger partial charge in [0.2, 0.25) is 10.0 Å². The van der Waals surface area contributed by atoms with Crippen molar-refractivity contribution < 1.29 is 27.1 Å². The Morgan fingerprint density at radius 1 is 1.00 bits per heavy atom. The van der Waals surface area contributed by atoms with Crippen molar-refractivity contribution in [1.82, 2.24) is 9.62 Å². The standard InChI is InChI=1S/C23H24N2O6S/c26-23(22-13-17-3-1-2-4-19(17)31-22)25-9-7-16(8-10-25)15-24-32(27,28)18-5-6-20-21(14-18)30-12-11-29-20/h1-6,13-14,16,24H,7-12,15H2. The third kappa shape index (κ3) is 4.18. The molecule has 2 aromatic carbocycles. The molecule has 1 saturated heterocycles. The maximum atomic E-state index is 12.8. The van der Waals surface area contributed by atoms with Gasteiger partial charge < -0.3 is 18.8 Å². The maximum absolute atomic E-state index is 12.8. The van der Waals surface area contributed by atoms with Crippen molar-refractivity contribution in [1.29, 1.82) is 0 Å². The first-order valence-electron chi connectivity index (χ1n) is 10.7. The fourth-order valence-electron chi connectivity index (χ4n) is 4.09. The molecule has 168 valence electrons. The average molecular weight is 457 g/mol. The van der Waals surface area contributed by atoms with E-state index in [0.717, 1.165) is 18.2 Å². The van der Waals surface area contributed by atoms with Crippen molar-refractivity contribution in [3.8, 4) is 11.5 Å². The molecule has 0 aliphatic carbocycles. The Hall–Kier alpha value is -3.04. The van der Waals surface area contributed by atoms with E-state index in [9.17, 15) is 13.2 Å². The van der Waals surface area contributed by atoms with Gasteiger partial charge in [-0.25, -0.2) is 13.1 Å². The Labute approximate surface area is 186 Å². The maximum Gasteiger partial charge on any atom is 0.289 e. The number of likely N-dealkylation sites (tertiary alicyclic amines) is 1. The highest BCUT2D eigenvalue weighted by Crippen LogP contribution is 2.32. The number of hydrogen-bond acceptors (Lipinski definition) is 6. The first-order valence-corrected chi connectivity index (χ1v) is 12.1.